The van der Waals surface area contributed by atoms with Gasteiger partial charge in [-0.1, -0.05) is 43.8 Å². The quantitative estimate of drug-likeness (QED) is 0.266. The summed E-state index contributed by atoms with van der Waals surface area (Å²) < 4.78 is 0. The molecule has 0 heterocycles. The molecule has 0 saturated heterocycles. The molecule has 2 nitrogen and oxygen atoms in total. The van der Waals surface area contributed by atoms with Crippen LogP contribution in [0.5, 0.6) is 0 Å². The van der Waals surface area contributed by atoms with Crippen LogP contribution in [0.4, 0.5) is 0 Å². The molecule has 0 spiro atoms. The van der Waals surface area contributed by atoms with Gasteiger partial charge < -0.3 is 5.11 Å². The van der Waals surface area contributed by atoms with Gasteiger partial charge in [-0.05, 0) is 95.9 Å². The lowest BCUT2D eigenvalue weighted by Gasteiger charge is -2.15. The van der Waals surface area contributed by atoms with Crippen molar-refractivity contribution in [2.75, 3.05) is 0 Å². The van der Waals surface area contributed by atoms with E-state index in [9.17, 15) is 4.79 Å². The zero-order valence-corrected chi connectivity index (χ0v) is 18.4. The van der Waals surface area contributed by atoms with Gasteiger partial charge in [0.25, 0.3) is 0 Å². The van der Waals surface area contributed by atoms with E-state index in [1.165, 1.54) is 59.1 Å². The van der Waals surface area contributed by atoms with Crippen LogP contribution in [0.2, 0.25) is 0 Å². The third kappa shape index (κ3) is 9.99. The largest absolute Gasteiger partial charge is 0.481 e. The minimum absolute atomic E-state index is 0.304. The standard InChI is InChI=1S/C24H42O2/c1-8-9-12-15-18(2)20(4)22(6)23(7)21(5)19(3)16-13-10-11-14-17-24(25)26/h8-17H2,1-7H3,(H,25,26)/b20-18+,21-19+,23-22-. The Morgan fingerprint density at radius 2 is 0.962 bits per heavy atom. The fraction of sp³-hybridized carbons (Fsp3) is 0.708. The zero-order valence-electron chi connectivity index (χ0n) is 18.4. The molecule has 1 N–H and O–H groups in total. The molecule has 2 heteroatoms. The Morgan fingerprint density at radius 1 is 0.577 bits per heavy atom. The molecule has 0 unspecified atom stereocenters. The third-order valence-corrected chi connectivity index (χ3v) is 5.82. The second-order valence-corrected chi connectivity index (χ2v) is 7.83. The van der Waals surface area contributed by atoms with Crippen molar-refractivity contribution >= 4 is 5.97 Å². The number of unbranched alkanes of at least 4 members (excludes halogenated alkanes) is 5. The number of carboxylic acids is 1. The molecule has 0 rings (SSSR count). The number of carbonyl (C=O) groups is 1. The summed E-state index contributed by atoms with van der Waals surface area (Å²) in [7, 11) is 0. The second kappa shape index (κ2) is 13.8. The molecule has 150 valence electrons. The minimum Gasteiger partial charge on any atom is -0.481 e. The molecular formula is C24H42O2. The molecule has 0 aromatic carbocycles. The Morgan fingerprint density at radius 3 is 1.35 bits per heavy atom. The molecule has 0 radical (unpaired) electrons. The van der Waals surface area contributed by atoms with E-state index in [4.69, 9.17) is 5.11 Å². The summed E-state index contributed by atoms with van der Waals surface area (Å²) in [5, 5.41) is 8.67. The first kappa shape index (κ1) is 24.7. The molecule has 26 heavy (non-hydrogen) atoms. The average Bonchev–Trinajstić information content (AvgIpc) is 2.61. The van der Waals surface area contributed by atoms with Gasteiger partial charge in [-0.15, -0.1) is 0 Å². The molecule has 0 aliphatic carbocycles. The SMILES string of the molecule is CCCCC/C(C)=C(C)/C(C)=C(C)\C(C)=C(/C)CCCCCCC(=O)O. The predicted octanol–water partition coefficient (Wildman–Crippen LogP) is 8.00. The lowest BCUT2D eigenvalue weighted by atomic mass is 9.91. The van der Waals surface area contributed by atoms with E-state index in [0.717, 1.165) is 32.1 Å². The van der Waals surface area contributed by atoms with E-state index in [1.54, 1.807) is 0 Å². The highest BCUT2D eigenvalue weighted by atomic mass is 16.4. The first-order chi connectivity index (χ1) is 12.2. The van der Waals surface area contributed by atoms with Crippen LogP contribution >= 0.6 is 0 Å². The molecular weight excluding hydrogens is 320 g/mol. The number of allylic oxidation sites excluding steroid dienone is 6. The average molecular weight is 363 g/mol. The zero-order chi connectivity index (χ0) is 20.1. The van der Waals surface area contributed by atoms with E-state index in [1.807, 2.05) is 0 Å². The maximum atomic E-state index is 10.5. The summed E-state index contributed by atoms with van der Waals surface area (Å²) in [6, 6.07) is 0. The predicted molar refractivity (Wildman–Crippen MR) is 115 cm³/mol. The van der Waals surface area contributed by atoms with Gasteiger partial charge in [-0.3, -0.25) is 4.79 Å². The smallest absolute Gasteiger partial charge is 0.303 e. The van der Waals surface area contributed by atoms with Crippen LogP contribution in [0.15, 0.2) is 33.4 Å². The molecule has 0 aromatic rings. The van der Waals surface area contributed by atoms with E-state index in [2.05, 4.69) is 48.5 Å². The van der Waals surface area contributed by atoms with Crippen molar-refractivity contribution in [1.82, 2.24) is 0 Å². The van der Waals surface area contributed by atoms with Crippen molar-refractivity contribution in [3.8, 4) is 0 Å². The topological polar surface area (TPSA) is 37.3 Å². The molecule has 0 bridgehead atoms. The molecule has 0 aliphatic rings. The van der Waals surface area contributed by atoms with Gasteiger partial charge in [-0.2, -0.15) is 0 Å². The summed E-state index contributed by atoms with van der Waals surface area (Å²) in [6.07, 6.45) is 10.6. The minimum atomic E-state index is -0.679. The number of hydrogen-bond donors (Lipinski definition) is 1. The van der Waals surface area contributed by atoms with E-state index < -0.39 is 5.97 Å². The number of aliphatic carboxylic acids is 1. The number of carboxylic acid groups (broad SMARTS) is 1. The van der Waals surface area contributed by atoms with Gasteiger partial charge in [0.1, 0.15) is 0 Å². The van der Waals surface area contributed by atoms with Crippen molar-refractivity contribution in [3.63, 3.8) is 0 Å². The maximum Gasteiger partial charge on any atom is 0.303 e. The Balaban J connectivity index is 4.77. The van der Waals surface area contributed by atoms with Crippen LogP contribution in [-0.2, 0) is 4.79 Å². The first-order valence-corrected chi connectivity index (χ1v) is 10.4. The highest BCUT2D eigenvalue weighted by molar-refractivity contribution is 5.66. The van der Waals surface area contributed by atoms with Crippen molar-refractivity contribution in [3.05, 3.63) is 33.4 Å². The summed E-state index contributed by atoms with van der Waals surface area (Å²) >= 11 is 0. The van der Waals surface area contributed by atoms with E-state index >= 15 is 0 Å². The summed E-state index contributed by atoms with van der Waals surface area (Å²) in [5.74, 6) is -0.679. The summed E-state index contributed by atoms with van der Waals surface area (Å²) in [5.41, 5.74) is 8.72. The fourth-order valence-electron chi connectivity index (χ4n) is 3.24. The van der Waals surface area contributed by atoms with E-state index in [0.29, 0.717) is 6.42 Å². The third-order valence-electron chi connectivity index (χ3n) is 5.82. The van der Waals surface area contributed by atoms with Gasteiger partial charge in [-0.25, -0.2) is 0 Å². The van der Waals surface area contributed by atoms with Crippen molar-refractivity contribution in [2.24, 2.45) is 0 Å². The van der Waals surface area contributed by atoms with Crippen molar-refractivity contribution < 1.29 is 9.90 Å². The maximum absolute atomic E-state index is 10.5. The van der Waals surface area contributed by atoms with Gasteiger partial charge in [0.2, 0.25) is 0 Å². The molecule has 0 atom stereocenters. The number of hydrogen-bond acceptors (Lipinski definition) is 1. The Labute approximate surface area is 162 Å². The lowest BCUT2D eigenvalue weighted by molar-refractivity contribution is -0.137. The monoisotopic (exact) mass is 362 g/mol. The van der Waals surface area contributed by atoms with Crippen LogP contribution in [0.3, 0.4) is 0 Å². The van der Waals surface area contributed by atoms with Crippen LogP contribution in [-0.4, -0.2) is 11.1 Å². The fourth-order valence-corrected chi connectivity index (χ4v) is 3.24. The highest BCUT2D eigenvalue weighted by Crippen LogP contribution is 2.27. The Hall–Kier alpha value is -1.31. The van der Waals surface area contributed by atoms with Crippen LogP contribution < -0.4 is 0 Å². The summed E-state index contributed by atoms with van der Waals surface area (Å²) in [4.78, 5) is 10.5. The summed E-state index contributed by atoms with van der Waals surface area (Å²) in [6.45, 7) is 15.8. The van der Waals surface area contributed by atoms with Crippen molar-refractivity contribution in [1.29, 1.82) is 0 Å². The van der Waals surface area contributed by atoms with Gasteiger partial charge >= 0.3 is 5.97 Å². The highest BCUT2D eigenvalue weighted by Gasteiger charge is 2.07. The lowest BCUT2D eigenvalue weighted by Crippen LogP contribution is -1.96. The molecule has 0 fully saturated rings. The molecule has 0 amide bonds. The number of rotatable bonds is 13. The normalized spacial score (nSPS) is 14.6. The van der Waals surface area contributed by atoms with Crippen LogP contribution in [0.25, 0.3) is 0 Å². The molecule has 0 aromatic heterocycles. The molecule has 0 aliphatic heterocycles. The Bertz CT molecular complexity index is 532. The Kier molecular flexibility index (Phi) is 13.1. The van der Waals surface area contributed by atoms with Gasteiger partial charge in [0, 0.05) is 6.42 Å². The van der Waals surface area contributed by atoms with E-state index in [-0.39, 0.29) is 0 Å². The van der Waals surface area contributed by atoms with Gasteiger partial charge in [0.15, 0.2) is 0 Å². The second-order valence-electron chi connectivity index (χ2n) is 7.83. The molecule has 0 saturated carbocycles. The van der Waals surface area contributed by atoms with Crippen LogP contribution in [0.1, 0.15) is 113 Å². The van der Waals surface area contributed by atoms with Gasteiger partial charge in [0.05, 0.1) is 0 Å². The van der Waals surface area contributed by atoms with Crippen molar-refractivity contribution in [2.45, 2.75) is 113 Å². The van der Waals surface area contributed by atoms with Crippen LogP contribution in [0, 0.1) is 0 Å². The first-order valence-electron chi connectivity index (χ1n) is 10.4.